The van der Waals surface area contributed by atoms with Crippen LogP contribution in [0.5, 0.6) is 5.75 Å². The van der Waals surface area contributed by atoms with Crippen LogP contribution in [0.15, 0.2) is 60.8 Å². The van der Waals surface area contributed by atoms with Crippen molar-refractivity contribution < 1.29 is 23.1 Å². The summed E-state index contributed by atoms with van der Waals surface area (Å²) < 4.78 is 32.0. The van der Waals surface area contributed by atoms with Gasteiger partial charge in [-0.3, -0.25) is 4.79 Å². The average molecular weight is 589 g/mol. The molecule has 2 aliphatic rings. The van der Waals surface area contributed by atoms with Gasteiger partial charge in [0.2, 0.25) is 5.91 Å². The molecule has 5 rings (SSSR count). The van der Waals surface area contributed by atoms with E-state index < -0.39 is 18.0 Å². The second-order valence-corrected chi connectivity index (χ2v) is 10.9. The zero-order valence-electron chi connectivity index (χ0n) is 21.8. The lowest BCUT2D eigenvalue weighted by Gasteiger charge is -2.34. The van der Waals surface area contributed by atoms with E-state index in [-0.39, 0.29) is 29.3 Å². The molecule has 2 saturated heterocycles. The number of ether oxygens (including phenoxy) is 1. The van der Waals surface area contributed by atoms with E-state index in [0.29, 0.717) is 54.9 Å². The van der Waals surface area contributed by atoms with Crippen LogP contribution >= 0.6 is 23.2 Å². The van der Waals surface area contributed by atoms with Gasteiger partial charge in [-0.2, -0.15) is 0 Å². The maximum Gasteiger partial charge on any atom is 0.415 e. The van der Waals surface area contributed by atoms with E-state index in [9.17, 15) is 18.4 Å². The highest BCUT2D eigenvalue weighted by Gasteiger charge is 2.42. The summed E-state index contributed by atoms with van der Waals surface area (Å²) in [5.74, 6) is -0.292. The summed E-state index contributed by atoms with van der Waals surface area (Å²) in [7, 11) is 1.63. The predicted molar refractivity (Wildman–Crippen MR) is 149 cm³/mol. The van der Waals surface area contributed by atoms with Crippen molar-refractivity contribution in [2.24, 2.45) is 5.92 Å². The number of nitrogens with zero attached hydrogens (tertiary/aromatic N) is 4. The summed E-state index contributed by atoms with van der Waals surface area (Å²) in [5.41, 5.74) is 0.855. The molecule has 2 aliphatic heterocycles. The van der Waals surface area contributed by atoms with Crippen molar-refractivity contribution in [2.45, 2.75) is 24.8 Å². The highest BCUT2D eigenvalue weighted by Crippen LogP contribution is 2.36. The number of carbonyl (C=O) groups excluding carboxylic acids is 2. The Bertz CT molecular complexity index is 1370. The third-order valence-electron chi connectivity index (χ3n) is 7.66. The molecule has 1 aromatic heterocycles. The van der Waals surface area contributed by atoms with E-state index in [4.69, 9.17) is 27.9 Å². The third-order valence-corrected chi connectivity index (χ3v) is 8.40. The van der Waals surface area contributed by atoms with Gasteiger partial charge in [0.25, 0.3) is 0 Å². The van der Waals surface area contributed by atoms with Crippen molar-refractivity contribution in [3.05, 3.63) is 88.0 Å². The summed E-state index contributed by atoms with van der Waals surface area (Å²) >= 11 is 12.5. The first-order valence-electron chi connectivity index (χ1n) is 13.0. The van der Waals surface area contributed by atoms with Crippen LogP contribution in [0.1, 0.15) is 24.3 Å². The lowest BCUT2D eigenvalue weighted by molar-refractivity contribution is -0.135. The molecule has 0 unspecified atom stereocenters. The minimum atomic E-state index is -0.615. The molecule has 210 valence electrons. The molecular weight excluding hydrogens is 561 g/mol. The van der Waals surface area contributed by atoms with E-state index in [1.54, 1.807) is 30.1 Å². The number of carbonyl (C=O) groups is 2. The fourth-order valence-electron chi connectivity index (χ4n) is 5.41. The van der Waals surface area contributed by atoms with E-state index in [2.05, 4.69) is 4.98 Å². The molecule has 7 nitrogen and oxygen atoms in total. The zero-order chi connectivity index (χ0) is 28.4. The van der Waals surface area contributed by atoms with E-state index in [0.717, 1.165) is 5.56 Å². The Morgan fingerprint density at radius 3 is 2.30 bits per heavy atom. The van der Waals surface area contributed by atoms with E-state index >= 15 is 0 Å². The molecular formula is C29H28Cl2F2N4O3. The topological polar surface area (TPSA) is 66.0 Å². The van der Waals surface area contributed by atoms with Crippen LogP contribution in [0.2, 0.25) is 10.0 Å². The van der Waals surface area contributed by atoms with Gasteiger partial charge < -0.3 is 19.4 Å². The molecule has 2 atom stereocenters. The average Bonchev–Trinajstić information content (AvgIpc) is 3.41. The van der Waals surface area contributed by atoms with Gasteiger partial charge in [0.1, 0.15) is 23.2 Å². The number of amides is 2. The Labute approximate surface area is 241 Å². The van der Waals surface area contributed by atoms with Gasteiger partial charge in [-0.1, -0.05) is 29.3 Å². The van der Waals surface area contributed by atoms with Gasteiger partial charge in [0.15, 0.2) is 0 Å². The summed E-state index contributed by atoms with van der Waals surface area (Å²) in [4.78, 5) is 36.2. The molecule has 0 spiro atoms. The van der Waals surface area contributed by atoms with Gasteiger partial charge in [-0.05, 0) is 66.9 Å². The van der Waals surface area contributed by atoms with Crippen LogP contribution < -0.4 is 9.64 Å². The summed E-state index contributed by atoms with van der Waals surface area (Å²) in [6.45, 7) is 1.98. The molecule has 0 saturated carbocycles. The Kier molecular flexibility index (Phi) is 8.42. The Balaban J connectivity index is 1.30. The van der Waals surface area contributed by atoms with Crippen LogP contribution in [0.4, 0.5) is 19.4 Å². The second-order valence-electron chi connectivity index (χ2n) is 10.1. The number of hydrogen-bond donors (Lipinski definition) is 0. The second kappa shape index (κ2) is 12.0. The van der Waals surface area contributed by atoms with Gasteiger partial charge in [0.05, 0.1) is 22.3 Å². The van der Waals surface area contributed by atoms with Crippen LogP contribution in [-0.4, -0.2) is 66.1 Å². The number of pyridine rings is 1. The maximum atomic E-state index is 13.7. The smallest absolute Gasteiger partial charge is 0.410 e. The molecule has 2 fully saturated rings. The number of aromatic nitrogens is 1. The molecule has 40 heavy (non-hydrogen) atoms. The van der Waals surface area contributed by atoms with Gasteiger partial charge >= 0.3 is 6.09 Å². The summed E-state index contributed by atoms with van der Waals surface area (Å²) in [6.07, 6.45) is 1.85. The summed E-state index contributed by atoms with van der Waals surface area (Å²) in [6, 6.07) is 13.2. The molecule has 3 aromatic rings. The zero-order valence-corrected chi connectivity index (χ0v) is 23.3. The minimum Gasteiger partial charge on any atom is -0.410 e. The number of likely N-dealkylation sites (tertiary alicyclic amines) is 1. The first-order chi connectivity index (χ1) is 19.2. The fourth-order valence-corrected chi connectivity index (χ4v) is 5.72. The molecule has 0 N–H and O–H groups in total. The third kappa shape index (κ3) is 6.15. The van der Waals surface area contributed by atoms with Gasteiger partial charge in [-0.25, -0.2) is 18.6 Å². The van der Waals surface area contributed by atoms with E-state index in [1.807, 2.05) is 11.0 Å². The number of likely N-dealkylation sites (N-methyl/N-ethyl adjacent to an activating group) is 1. The standard InChI is InChI=1S/C29H28Cl2F2N4O3/c1-35(29(39)40-22-6-3-20(32)4-7-22)26-17-37(16-23(26)19-2-8-24(30)25(31)14-19)28(38)18-10-12-36(13-11-18)27-9-5-21(33)15-34-27/h2-9,14-15,18,23,26H,10-13,16-17H2,1H3/t23-,26+/m0/s1. The number of anilines is 1. The van der Waals surface area contributed by atoms with Crippen molar-refractivity contribution in [2.75, 3.05) is 38.1 Å². The molecule has 2 aromatic carbocycles. The highest BCUT2D eigenvalue weighted by molar-refractivity contribution is 6.42. The van der Waals surface area contributed by atoms with Crippen LogP contribution in [0, 0.1) is 17.6 Å². The molecule has 0 bridgehead atoms. The molecule has 0 aliphatic carbocycles. The monoisotopic (exact) mass is 588 g/mol. The fraction of sp³-hybridized carbons (Fsp3) is 0.345. The molecule has 3 heterocycles. The summed E-state index contributed by atoms with van der Waals surface area (Å²) in [5, 5.41) is 0.806. The highest BCUT2D eigenvalue weighted by atomic mass is 35.5. The number of piperidine rings is 1. The quantitative estimate of drug-likeness (QED) is 0.365. The SMILES string of the molecule is CN(C(=O)Oc1ccc(F)cc1)[C@@H]1CN(C(=O)C2CCN(c3ccc(F)cn3)CC2)C[C@H]1c1ccc(Cl)c(Cl)c1. The Morgan fingerprint density at radius 2 is 1.65 bits per heavy atom. The number of benzene rings is 2. The largest absolute Gasteiger partial charge is 0.415 e. The minimum absolute atomic E-state index is 0.0274. The lowest BCUT2D eigenvalue weighted by Crippen LogP contribution is -2.45. The number of rotatable bonds is 5. The van der Waals surface area contributed by atoms with Gasteiger partial charge in [0, 0.05) is 45.1 Å². The van der Waals surface area contributed by atoms with Crippen molar-refractivity contribution in [1.29, 1.82) is 0 Å². The molecule has 2 amide bonds. The number of hydrogen-bond acceptors (Lipinski definition) is 5. The molecule has 0 radical (unpaired) electrons. The van der Waals surface area contributed by atoms with E-state index in [1.165, 1.54) is 41.4 Å². The van der Waals surface area contributed by atoms with Crippen LogP contribution in [0.3, 0.4) is 0 Å². The van der Waals surface area contributed by atoms with Crippen LogP contribution in [0.25, 0.3) is 0 Å². The van der Waals surface area contributed by atoms with Gasteiger partial charge in [-0.15, -0.1) is 0 Å². The maximum absolute atomic E-state index is 13.7. The predicted octanol–water partition coefficient (Wildman–Crippen LogP) is 6.01. The Hall–Kier alpha value is -3.43. The Morgan fingerprint density at radius 1 is 0.950 bits per heavy atom. The normalized spacial score (nSPS) is 19.5. The van der Waals surface area contributed by atoms with Crippen molar-refractivity contribution >= 4 is 41.0 Å². The first-order valence-corrected chi connectivity index (χ1v) is 13.8. The van der Waals surface area contributed by atoms with Crippen LogP contribution in [-0.2, 0) is 4.79 Å². The first kappa shape index (κ1) is 28.1. The van der Waals surface area contributed by atoms with Crippen molar-refractivity contribution in [1.82, 2.24) is 14.8 Å². The number of halogens is 4. The van der Waals surface area contributed by atoms with Crippen molar-refractivity contribution in [3.8, 4) is 5.75 Å². The van der Waals surface area contributed by atoms with Crippen molar-refractivity contribution in [3.63, 3.8) is 0 Å². The molecule has 11 heteroatoms. The lowest BCUT2D eigenvalue weighted by atomic mass is 9.93.